The minimum Gasteiger partial charge on any atom is -0.493 e. The van der Waals surface area contributed by atoms with Crippen LogP contribution in [0.4, 0.5) is 10.5 Å². The maximum absolute atomic E-state index is 12.3. The molecule has 0 radical (unpaired) electrons. The lowest BCUT2D eigenvalue weighted by Crippen LogP contribution is -2.45. The molecule has 11 heteroatoms. The number of fused-ring (bicyclic) bond motifs is 1. The number of urea groups is 1. The first-order chi connectivity index (χ1) is 22.3. The number of amides is 2. The van der Waals surface area contributed by atoms with Crippen molar-refractivity contribution >= 4 is 17.7 Å². The van der Waals surface area contributed by atoms with Crippen molar-refractivity contribution in [3.63, 3.8) is 0 Å². The Balaban J connectivity index is 1.31. The van der Waals surface area contributed by atoms with Crippen molar-refractivity contribution in [1.29, 1.82) is 0 Å². The first-order valence-corrected chi connectivity index (χ1v) is 15.6. The number of hydrogen-bond donors (Lipinski definition) is 3. The van der Waals surface area contributed by atoms with Crippen LogP contribution in [0, 0.1) is 5.92 Å². The monoisotopic (exact) mass is 633 g/mol. The van der Waals surface area contributed by atoms with Crippen molar-refractivity contribution in [3.05, 3.63) is 88.5 Å². The summed E-state index contributed by atoms with van der Waals surface area (Å²) in [6, 6.07) is 18.7. The third kappa shape index (κ3) is 7.97. The molecule has 0 bridgehead atoms. The summed E-state index contributed by atoms with van der Waals surface area (Å²) in [5, 5.41) is 14.8. The summed E-state index contributed by atoms with van der Waals surface area (Å²) in [6.45, 7) is 6.23. The van der Waals surface area contributed by atoms with Crippen LogP contribution in [0.1, 0.15) is 54.1 Å². The number of esters is 1. The number of aliphatic hydroxyl groups excluding tert-OH is 1. The van der Waals surface area contributed by atoms with Gasteiger partial charge < -0.3 is 39.4 Å². The van der Waals surface area contributed by atoms with E-state index in [9.17, 15) is 14.7 Å². The number of methoxy groups -OCH3 is 2. The Morgan fingerprint density at radius 3 is 2.28 bits per heavy atom. The van der Waals surface area contributed by atoms with E-state index in [-0.39, 0.29) is 37.9 Å². The smallest absolute Gasteiger partial charge is 0.325 e. The van der Waals surface area contributed by atoms with Crippen molar-refractivity contribution in [1.82, 2.24) is 10.2 Å². The summed E-state index contributed by atoms with van der Waals surface area (Å²) in [5.74, 6) is 0.997. The van der Waals surface area contributed by atoms with Crippen LogP contribution in [0.3, 0.4) is 0 Å². The van der Waals surface area contributed by atoms with Gasteiger partial charge in [-0.2, -0.15) is 0 Å². The van der Waals surface area contributed by atoms with Gasteiger partial charge in [0.05, 0.1) is 39.6 Å². The fourth-order valence-electron chi connectivity index (χ4n) is 5.94. The number of nitrogens with one attached hydrogen (secondary N) is 2. The molecule has 1 fully saturated rings. The largest absolute Gasteiger partial charge is 0.493 e. The number of ether oxygens (including phenoxy) is 5. The summed E-state index contributed by atoms with van der Waals surface area (Å²) in [7, 11) is 3.31. The predicted molar refractivity (Wildman–Crippen MR) is 172 cm³/mol. The van der Waals surface area contributed by atoms with Gasteiger partial charge in [-0.1, -0.05) is 43.3 Å². The second kappa shape index (κ2) is 15.4. The number of aliphatic hydroxyl groups is 1. The number of rotatable bonds is 11. The van der Waals surface area contributed by atoms with Crippen molar-refractivity contribution < 1.29 is 38.4 Å². The second-order valence-electron chi connectivity index (χ2n) is 11.5. The molecule has 0 aliphatic carbocycles. The lowest BCUT2D eigenvalue weighted by molar-refractivity contribution is -0.276. The molecule has 0 unspecified atom stereocenters. The Bertz CT molecular complexity index is 1480. The van der Waals surface area contributed by atoms with Gasteiger partial charge in [-0.05, 0) is 59.9 Å². The molecule has 2 amide bonds. The van der Waals surface area contributed by atoms with Crippen LogP contribution >= 0.6 is 0 Å². The molecule has 2 aliphatic rings. The van der Waals surface area contributed by atoms with Crippen molar-refractivity contribution in [2.45, 2.75) is 51.9 Å². The van der Waals surface area contributed by atoms with E-state index in [0.717, 1.165) is 47.7 Å². The molecule has 3 N–H and O–H groups in total. The van der Waals surface area contributed by atoms with Gasteiger partial charge in [0.1, 0.15) is 6.54 Å². The molecular formula is C35H43N3O8. The number of hydrogen-bond acceptors (Lipinski definition) is 9. The van der Waals surface area contributed by atoms with Crippen LogP contribution in [0.2, 0.25) is 0 Å². The Hall–Kier alpha value is -4.16. The summed E-state index contributed by atoms with van der Waals surface area (Å²) in [5.41, 5.74) is 5.70. The molecule has 0 aromatic heterocycles. The van der Waals surface area contributed by atoms with E-state index in [1.165, 1.54) is 11.1 Å². The van der Waals surface area contributed by atoms with Crippen molar-refractivity contribution in [2.24, 2.45) is 5.92 Å². The van der Waals surface area contributed by atoms with E-state index in [1.54, 1.807) is 33.3 Å². The normalized spacial score (nSPS) is 21.2. The van der Waals surface area contributed by atoms with E-state index in [0.29, 0.717) is 12.2 Å². The van der Waals surface area contributed by atoms with Gasteiger partial charge in [-0.15, -0.1) is 0 Å². The highest BCUT2D eigenvalue weighted by Crippen LogP contribution is 2.42. The lowest BCUT2D eigenvalue weighted by Gasteiger charge is -2.43. The van der Waals surface area contributed by atoms with E-state index >= 15 is 0 Å². The number of benzene rings is 3. The predicted octanol–water partition coefficient (Wildman–Crippen LogP) is 4.73. The van der Waals surface area contributed by atoms with Gasteiger partial charge in [0.15, 0.2) is 17.8 Å². The summed E-state index contributed by atoms with van der Waals surface area (Å²) < 4.78 is 29.2. The Kier molecular flexibility index (Phi) is 11.1. The summed E-state index contributed by atoms with van der Waals surface area (Å²) in [4.78, 5) is 26.2. The standard InChI is InChI=1S/C35H43N3O8/c1-5-44-32(40)18-36-35(41)37-28-12-10-25(11-13-28)34-45-31(22(2)33(46-34)24-8-6-23(21-39)7-9-24)20-38-15-14-26-16-29(42-3)30(43-4)17-27(26)19-38/h6-13,16-17,22,31,33-34,39H,5,14-15,18-21H2,1-4H3,(H2,36,37,41)/t22-,31+,33+,34+/m0/s1. The molecule has 5 rings (SSSR count). The maximum atomic E-state index is 12.3. The van der Waals surface area contributed by atoms with E-state index in [4.69, 9.17) is 23.7 Å². The number of carbonyl (C=O) groups excluding carboxylic acids is 2. The zero-order valence-electron chi connectivity index (χ0n) is 26.8. The lowest BCUT2D eigenvalue weighted by atomic mass is 9.89. The van der Waals surface area contributed by atoms with Crippen molar-refractivity contribution in [2.75, 3.05) is 45.8 Å². The SMILES string of the molecule is CCOC(=O)CNC(=O)Nc1ccc([C@@H]2O[C@H](CN3CCc4cc(OC)c(OC)cc4C3)[C@H](C)[C@H](c3ccc(CO)cc3)O2)cc1. The number of nitrogens with zero attached hydrogens (tertiary/aromatic N) is 1. The number of carbonyl (C=O) groups is 2. The van der Waals surface area contributed by atoms with Crippen LogP contribution in [0.25, 0.3) is 0 Å². The van der Waals surface area contributed by atoms with E-state index in [2.05, 4.69) is 34.6 Å². The molecular weight excluding hydrogens is 590 g/mol. The first-order valence-electron chi connectivity index (χ1n) is 15.6. The van der Waals surface area contributed by atoms with Gasteiger partial charge in [-0.3, -0.25) is 9.69 Å². The third-order valence-corrected chi connectivity index (χ3v) is 8.50. The molecule has 246 valence electrons. The van der Waals surface area contributed by atoms with Crippen LogP contribution in [0.5, 0.6) is 11.5 Å². The zero-order chi connectivity index (χ0) is 32.6. The molecule has 1 saturated heterocycles. The number of anilines is 1. The highest BCUT2D eigenvalue weighted by molar-refractivity contribution is 5.91. The van der Waals surface area contributed by atoms with E-state index in [1.807, 2.05) is 36.4 Å². The molecule has 4 atom stereocenters. The van der Waals surface area contributed by atoms with Crippen LogP contribution in [-0.4, -0.2) is 68.6 Å². The Labute approximate surface area is 269 Å². The fraction of sp³-hybridized carbons (Fsp3) is 0.429. The molecule has 2 heterocycles. The topological polar surface area (TPSA) is 128 Å². The van der Waals surface area contributed by atoms with Crippen LogP contribution in [-0.2, 0) is 38.6 Å². The van der Waals surface area contributed by atoms with Gasteiger partial charge in [0.2, 0.25) is 0 Å². The minimum atomic E-state index is -0.642. The minimum absolute atomic E-state index is 0.0238. The molecule has 11 nitrogen and oxygen atoms in total. The molecule has 3 aromatic rings. The van der Waals surface area contributed by atoms with Gasteiger partial charge in [0.25, 0.3) is 0 Å². The highest BCUT2D eigenvalue weighted by Gasteiger charge is 2.39. The van der Waals surface area contributed by atoms with Crippen LogP contribution in [0.15, 0.2) is 60.7 Å². The third-order valence-electron chi connectivity index (χ3n) is 8.50. The van der Waals surface area contributed by atoms with Gasteiger partial charge in [-0.25, -0.2) is 4.79 Å². The van der Waals surface area contributed by atoms with Gasteiger partial charge in [0, 0.05) is 36.8 Å². The highest BCUT2D eigenvalue weighted by atomic mass is 16.7. The van der Waals surface area contributed by atoms with Crippen LogP contribution < -0.4 is 20.1 Å². The fourth-order valence-corrected chi connectivity index (χ4v) is 5.94. The van der Waals surface area contributed by atoms with E-state index < -0.39 is 18.3 Å². The second-order valence-corrected chi connectivity index (χ2v) is 11.5. The Morgan fingerprint density at radius 1 is 0.957 bits per heavy atom. The first kappa shape index (κ1) is 33.2. The average Bonchev–Trinajstić information content (AvgIpc) is 3.08. The summed E-state index contributed by atoms with van der Waals surface area (Å²) in [6.07, 6.45) is -0.138. The maximum Gasteiger partial charge on any atom is 0.325 e. The molecule has 46 heavy (non-hydrogen) atoms. The molecule has 0 spiro atoms. The Morgan fingerprint density at radius 2 is 1.63 bits per heavy atom. The van der Waals surface area contributed by atoms with Gasteiger partial charge >= 0.3 is 12.0 Å². The zero-order valence-corrected chi connectivity index (χ0v) is 26.8. The summed E-state index contributed by atoms with van der Waals surface area (Å²) >= 11 is 0. The molecule has 2 aliphatic heterocycles. The molecule has 3 aromatic carbocycles. The quantitative estimate of drug-likeness (QED) is 0.257. The average molecular weight is 634 g/mol. The van der Waals surface area contributed by atoms with Crippen molar-refractivity contribution in [3.8, 4) is 11.5 Å². The molecule has 0 saturated carbocycles.